The van der Waals surface area contributed by atoms with Gasteiger partial charge in [-0.2, -0.15) is 0 Å². The Balaban J connectivity index is 1.71. The highest BCUT2D eigenvalue weighted by Crippen LogP contribution is 2.46. The van der Waals surface area contributed by atoms with Crippen LogP contribution in [0.3, 0.4) is 0 Å². The van der Waals surface area contributed by atoms with Crippen LogP contribution in [0.1, 0.15) is 55.5 Å². The fraction of sp³-hybridized carbons (Fsp3) is 0.545. The molecule has 2 aliphatic heterocycles. The van der Waals surface area contributed by atoms with Crippen LogP contribution in [0.4, 0.5) is 0 Å². The monoisotopic (exact) mass is 445 g/mol. The predicted molar refractivity (Wildman–Crippen MR) is 110 cm³/mol. The van der Waals surface area contributed by atoms with E-state index in [1.165, 1.54) is 6.92 Å². The first-order valence-corrected chi connectivity index (χ1v) is 10.6. The van der Waals surface area contributed by atoms with Crippen molar-refractivity contribution in [3.05, 3.63) is 47.3 Å². The molecule has 2 saturated heterocycles. The summed E-state index contributed by atoms with van der Waals surface area (Å²) < 4.78 is 30.4. The van der Waals surface area contributed by atoms with Gasteiger partial charge in [0.25, 0.3) is 0 Å². The first-order valence-electron chi connectivity index (χ1n) is 10.6. The van der Waals surface area contributed by atoms with E-state index in [1.807, 2.05) is 30.3 Å². The first-order chi connectivity index (χ1) is 15.3. The number of benzene rings is 1. The largest absolute Gasteiger partial charge is 0.463 e. The van der Waals surface area contributed by atoms with Crippen LogP contribution in [-0.2, 0) is 35.0 Å². The minimum absolute atomic E-state index is 0.00142. The normalized spacial score (nSPS) is 26.0. The Hall–Kier alpha value is -2.82. The summed E-state index contributed by atoms with van der Waals surface area (Å²) in [6.45, 7) is 7.23. The van der Waals surface area contributed by atoms with Crippen molar-refractivity contribution in [3.8, 4) is 0 Å². The number of hydrogen-bond donors (Lipinski definition) is 0. The average molecular weight is 445 g/mol. The molecule has 2 unspecified atom stereocenters. The molecule has 2 fully saturated rings. The van der Waals surface area contributed by atoms with Gasteiger partial charge in [0.1, 0.15) is 36.7 Å². The van der Waals surface area contributed by atoms with Gasteiger partial charge < -0.3 is 23.7 Å². The predicted octanol–water partition coefficient (Wildman–Crippen LogP) is 2.03. The van der Waals surface area contributed by atoms with Crippen LogP contribution in [-0.4, -0.2) is 64.2 Å². The van der Waals surface area contributed by atoms with E-state index in [0.29, 0.717) is 12.2 Å². The smallest absolute Gasteiger partial charge is 0.360 e. The van der Waals surface area contributed by atoms with E-state index in [2.05, 4.69) is 10.3 Å². The molecule has 10 nitrogen and oxygen atoms in total. The Labute approximate surface area is 185 Å². The van der Waals surface area contributed by atoms with Crippen molar-refractivity contribution in [1.29, 1.82) is 0 Å². The van der Waals surface area contributed by atoms with E-state index in [-0.39, 0.29) is 18.9 Å². The van der Waals surface area contributed by atoms with Gasteiger partial charge in [-0.1, -0.05) is 35.5 Å². The van der Waals surface area contributed by atoms with Crippen LogP contribution in [0.5, 0.6) is 0 Å². The van der Waals surface area contributed by atoms with Gasteiger partial charge in [0.15, 0.2) is 11.5 Å². The van der Waals surface area contributed by atoms with E-state index >= 15 is 0 Å². The molecule has 0 spiro atoms. The second-order valence-electron chi connectivity index (χ2n) is 8.15. The number of ether oxygens (including phenoxy) is 5. The van der Waals surface area contributed by atoms with E-state index in [4.69, 9.17) is 23.7 Å². The van der Waals surface area contributed by atoms with Crippen molar-refractivity contribution in [3.63, 3.8) is 0 Å². The maximum Gasteiger partial charge on any atom is 0.360 e. The Kier molecular flexibility index (Phi) is 6.27. The van der Waals surface area contributed by atoms with Crippen molar-refractivity contribution in [2.75, 3.05) is 13.2 Å². The number of hydrogen-bond acceptors (Lipinski definition) is 9. The third-order valence-electron chi connectivity index (χ3n) is 5.29. The molecule has 0 N–H and O–H groups in total. The topological polar surface area (TPSA) is 111 Å². The molecule has 3 heterocycles. The lowest BCUT2D eigenvalue weighted by Gasteiger charge is -2.24. The molecule has 4 rings (SSSR count). The van der Waals surface area contributed by atoms with Gasteiger partial charge in [0, 0.05) is 6.92 Å². The van der Waals surface area contributed by atoms with Crippen LogP contribution >= 0.6 is 0 Å². The second kappa shape index (κ2) is 8.97. The molecule has 1 aromatic heterocycles. The number of nitrogens with zero attached hydrogens (tertiary/aromatic N) is 3. The van der Waals surface area contributed by atoms with Crippen LogP contribution in [0.2, 0.25) is 0 Å². The molecule has 0 aliphatic carbocycles. The van der Waals surface area contributed by atoms with E-state index in [1.54, 1.807) is 25.5 Å². The molecular formula is C22H27N3O7. The van der Waals surface area contributed by atoms with E-state index in [9.17, 15) is 9.59 Å². The van der Waals surface area contributed by atoms with Gasteiger partial charge in [-0.05, 0) is 26.3 Å². The summed E-state index contributed by atoms with van der Waals surface area (Å²) in [5, 5.41) is 8.32. The van der Waals surface area contributed by atoms with E-state index in [0.717, 1.165) is 5.56 Å². The zero-order valence-corrected chi connectivity index (χ0v) is 18.5. The number of fused-ring (bicyclic) bond motifs is 1. The lowest BCUT2D eigenvalue weighted by atomic mass is 10.0. The molecule has 0 bridgehead atoms. The molecule has 4 atom stereocenters. The number of carbonyl (C=O) groups excluding carboxylic acids is 2. The number of carbonyl (C=O) groups is 2. The lowest BCUT2D eigenvalue weighted by Crippen LogP contribution is -2.33. The number of aromatic nitrogens is 3. The molecule has 172 valence electrons. The SMILES string of the molecule is CCOC(=O)c1nnn(Cc2ccccc2)c1[C@@H]1O[C@H](COC(C)=O)C2OC(C)(C)OC21. The molecular weight excluding hydrogens is 418 g/mol. The van der Waals surface area contributed by atoms with Crippen molar-refractivity contribution in [2.24, 2.45) is 0 Å². The summed E-state index contributed by atoms with van der Waals surface area (Å²) in [6.07, 6.45) is -2.34. The maximum absolute atomic E-state index is 12.7. The van der Waals surface area contributed by atoms with Crippen molar-refractivity contribution in [1.82, 2.24) is 15.0 Å². The number of rotatable bonds is 7. The summed E-state index contributed by atoms with van der Waals surface area (Å²) in [5.74, 6) is -1.88. The van der Waals surface area contributed by atoms with Gasteiger partial charge in [-0.25, -0.2) is 9.48 Å². The summed E-state index contributed by atoms with van der Waals surface area (Å²) >= 11 is 0. The molecule has 1 aromatic carbocycles. The van der Waals surface area contributed by atoms with Gasteiger partial charge in [0.05, 0.1) is 13.2 Å². The molecule has 32 heavy (non-hydrogen) atoms. The van der Waals surface area contributed by atoms with E-state index < -0.39 is 42.1 Å². The highest BCUT2D eigenvalue weighted by molar-refractivity contribution is 5.88. The summed E-state index contributed by atoms with van der Waals surface area (Å²) in [5.41, 5.74) is 1.48. The Morgan fingerprint density at radius 3 is 2.53 bits per heavy atom. The van der Waals surface area contributed by atoms with Crippen molar-refractivity contribution >= 4 is 11.9 Å². The minimum Gasteiger partial charge on any atom is -0.463 e. The zero-order valence-electron chi connectivity index (χ0n) is 18.5. The fourth-order valence-electron chi connectivity index (χ4n) is 4.06. The average Bonchev–Trinajstić information content (AvgIpc) is 3.38. The van der Waals surface area contributed by atoms with Crippen molar-refractivity contribution in [2.45, 2.75) is 64.4 Å². The molecule has 0 saturated carbocycles. The van der Waals surface area contributed by atoms with Gasteiger partial charge in [0.2, 0.25) is 0 Å². The number of esters is 2. The molecule has 2 aromatic rings. The van der Waals surface area contributed by atoms with Crippen molar-refractivity contribution < 1.29 is 33.3 Å². The highest BCUT2D eigenvalue weighted by atomic mass is 16.8. The first kappa shape index (κ1) is 22.4. The minimum atomic E-state index is -0.867. The Bertz CT molecular complexity index is 975. The van der Waals surface area contributed by atoms with Crippen LogP contribution in [0.25, 0.3) is 0 Å². The van der Waals surface area contributed by atoms with Crippen LogP contribution < -0.4 is 0 Å². The summed E-state index contributed by atoms with van der Waals surface area (Å²) in [4.78, 5) is 24.0. The molecule has 10 heteroatoms. The Morgan fingerprint density at radius 2 is 1.84 bits per heavy atom. The molecule has 2 aliphatic rings. The summed E-state index contributed by atoms with van der Waals surface area (Å²) in [6, 6.07) is 9.68. The van der Waals surface area contributed by atoms with Gasteiger partial charge in [-0.3, -0.25) is 4.79 Å². The van der Waals surface area contributed by atoms with Crippen LogP contribution in [0, 0.1) is 0 Å². The summed E-state index contributed by atoms with van der Waals surface area (Å²) in [7, 11) is 0. The molecule has 0 radical (unpaired) electrons. The van der Waals surface area contributed by atoms with Gasteiger partial charge >= 0.3 is 11.9 Å². The second-order valence-corrected chi connectivity index (χ2v) is 8.15. The highest BCUT2D eigenvalue weighted by Gasteiger charge is 2.57. The third-order valence-corrected chi connectivity index (χ3v) is 5.29. The quantitative estimate of drug-likeness (QED) is 0.591. The lowest BCUT2D eigenvalue weighted by molar-refractivity contribution is -0.194. The van der Waals surface area contributed by atoms with Gasteiger partial charge in [-0.15, -0.1) is 5.10 Å². The standard InChI is InChI=1S/C22H27N3O7/c1-5-28-21(27)16-17(25(24-23-16)11-14-9-7-6-8-10-14)19-20-18(31-22(3,4)32-20)15(30-19)12-29-13(2)26/h6-10,15,18-20H,5,11-12H2,1-4H3/t15-,18?,19+,20?/m1/s1. The van der Waals surface area contributed by atoms with Crippen LogP contribution in [0.15, 0.2) is 30.3 Å². The Morgan fingerprint density at radius 1 is 1.12 bits per heavy atom. The third kappa shape index (κ3) is 4.52. The molecule has 0 amide bonds. The fourth-order valence-corrected chi connectivity index (χ4v) is 4.06. The maximum atomic E-state index is 12.7. The zero-order chi connectivity index (χ0) is 22.9.